The van der Waals surface area contributed by atoms with E-state index in [4.69, 9.17) is 14.7 Å². The van der Waals surface area contributed by atoms with E-state index in [-0.39, 0.29) is 25.6 Å². The van der Waals surface area contributed by atoms with Crippen LogP contribution in [-0.4, -0.2) is 48.3 Å². The Kier molecular flexibility index (Phi) is 7.13. The van der Waals surface area contributed by atoms with Gasteiger partial charge in [0.25, 0.3) is 0 Å². The summed E-state index contributed by atoms with van der Waals surface area (Å²) in [5.74, 6) is 0. The van der Waals surface area contributed by atoms with Gasteiger partial charge in [-0.2, -0.15) is 5.26 Å². The molecule has 0 spiro atoms. The lowest BCUT2D eigenvalue weighted by Crippen LogP contribution is -2.28. The van der Waals surface area contributed by atoms with E-state index in [1.165, 1.54) is 0 Å². The minimum Gasteiger partial charge on any atom is -0.392 e. The third-order valence-corrected chi connectivity index (χ3v) is 2.76. The summed E-state index contributed by atoms with van der Waals surface area (Å²) in [5, 5.41) is 27.2. The number of ether oxygens (including phenoxy) is 2. The zero-order chi connectivity index (χ0) is 12.5. The molecule has 1 heterocycles. The maximum Gasteiger partial charge on any atom is 0.0808 e. The highest BCUT2D eigenvalue weighted by atomic mass is 16.5. The molecule has 0 aromatic carbocycles. The third-order valence-electron chi connectivity index (χ3n) is 2.76. The fourth-order valence-electron chi connectivity index (χ4n) is 1.85. The van der Waals surface area contributed by atoms with Gasteiger partial charge in [-0.15, -0.1) is 0 Å². The van der Waals surface area contributed by atoms with Crippen molar-refractivity contribution in [2.75, 3.05) is 19.8 Å². The van der Waals surface area contributed by atoms with Crippen molar-refractivity contribution in [3.63, 3.8) is 0 Å². The fourth-order valence-corrected chi connectivity index (χ4v) is 1.85. The van der Waals surface area contributed by atoms with Crippen molar-refractivity contribution in [1.82, 2.24) is 0 Å². The van der Waals surface area contributed by atoms with Crippen LogP contribution in [0.15, 0.2) is 0 Å². The molecule has 5 heteroatoms. The molecule has 3 unspecified atom stereocenters. The van der Waals surface area contributed by atoms with Gasteiger partial charge in [0, 0.05) is 13.0 Å². The third kappa shape index (κ3) is 6.59. The van der Waals surface area contributed by atoms with Crippen molar-refractivity contribution in [3.05, 3.63) is 0 Å². The monoisotopic (exact) mass is 243 g/mol. The summed E-state index contributed by atoms with van der Waals surface area (Å²) in [6.45, 7) is 1.46. The molecule has 1 fully saturated rings. The van der Waals surface area contributed by atoms with Crippen molar-refractivity contribution in [2.24, 2.45) is 0 Å². The number of hydrogen-bond acceptors (Lipinski definition) is 5. The van der Waals surface area contributed by atoms with Crippen molar-refractivity contribution >= 4 is 0 Å². The molecule has 1 saturated heterocycles. The van der Waals surface area contributed by atoms with E-state index >= 15 is 0 Å². The van der Waals surface area contributed by atoms with Gasteiger partial charge in [0.05, 0.1) is 44.0 Å². The average molecular weight is 243 g/mol. The standard InChI is InChI=1S/C12H21NO4/c13-5-4-10(14)7-11(15)8-16-9-12-3-1-2-6-17-12/h10-12,14-15H,1-4,6-9H2. The molecule has 0 aromatic rings. The quantitative estimate of drug-likeness (QED) is 0.684. The molecule has 0 bridgehead atoms. The molecule has 0 saturated carbocycles. The number of rotatable bonds is 7. The van der Waals surface area contributed by atoms with Crippen LogP contribution in [0.4, 0.5) is 0 Å². The second kappa shape index (κ2) is 8.43. The number of nitriles is 1. The van der Waals surface area contributed by atoms with E-state index in [2.05, 4.69) is 0 Å². The van der Waals surface area contributed by atoms with E-state index in [9.17, 15) is 10.2 Å². The lowest BCUT2D eigenvalue weighted by molar-refractivity contribution is -0.0620. The summed E-state index contributed by atoms with van der Waals surface area (Å²) in [6, 6.07) is 1.86. The Labute approximate surface area is 102 Å². The summed E-state index contributed by atoms with van der Waals surface area (Å²) >= 11 is 0. The van der Waals surface area contributed by atoms with Crippen LogP contribution in [0.1, 0.15) is 32.1 Å². The molecule has 98 valence electrons. The molecule has 0 amide bonds. The van der Waals surface area contributed by atoms with Crippen LogP contribution in [0.25, 0.3) is 0 Å². The van der Waals surface area contributed by atoms with Gasteiger partial charge in [-0.3, -0.25) is 0 Å². The van der Waals surface area contributed by atoms with Crippen LogP contribution in [0.3, 0.4) is 0 Å². The Morgan fingerprint density at radius 2 is 2.18 bits per heavy atom. The smallest absolute Gasteiger partial charge is 0.0808 e. The minimum atomic E-state index is -0.774. The second-order valence-corrected chi connectivity index (χ2v) is 4.43. The van der Waals surface area contributed by atoms with Gasteiger partial charge >= 0.3 is 0 Å². The first-order valence-corrected chi connectivity index (χ1v) is 6.14. The number of aliphatic hydroxyl groups is 2. The Morgan fingerprint density at radius 3 is 2.82 bits per heavy atom. The zero-order valence-electron chi connectivity index (χ0n) is 10.0. The Balaban J connectivity index is 2.03. The largest absolute Gasteiger partial charge is 0.392 e. The Hall–Kier alpha value is -0.670. The van der Waals surface area contributed by atoms with Gasteiger partial charge in [0.15, 0.2) is 0 Å². The number of nitrogens with zero attached hydrogens (tertiary/aromatic N) is 1. The fraction of sp³-hybridized carbons (Fsp3) is 0.917. The zero-order valence-corrected chi connectivity index (χ0v) is 10.0. The molecule has 0 aromatic heterocycles. The van der Waals surface area contributed by atoms with Crippen molar-refractivity contribution in [3.8, 4) is 6.07 Å². The van der Waals surface area contributed by atoms with E-state index in [1.54, 1.807) is 0 Å². The van der Waals surface area contributed by atoms with Gasteiger partial charge in [0.1, 0.15) is 0 Å². The Morgan fingerprint density at radius 1 is 1.35 bits per heavy atom. The topological polar surface area (TPSA) is 82.7 Å². The van der Waals surface area contributed by atoms with Crippen LogP contribution < -0.4 is 0 Å². The highest BCUT2D eigenvalue weighted by Crippen LogP contribution is 2.13. The van der Waals surface area contributed by atoms with Crippen LogP contribution >= 0.6 is 0 Å². The average Bonchev–Trinajstić information content (AvgIpc) is 2.30. The normalized spacial score (nSPS) is 23.9. The molecular formula is C12H21NO4. The van der Waals surface area contributed by atoms with Crippen LogP contribution in [0.5, 0.6) is 0 Å². The highest BCUT2D eigenvalue weighted by molar-refractivity contribution is 4.77. The molecule has 5 nitrogen and oxygen atoms in total. The van der Waals surface area contributed by atoms with E-state index in [1.807, 2.05) is 6.07 Å². The maximum atomic E-state index is 9.54. The lowest BCUT2D eigenvalue weighted by atomic mass is 10.1. The van der Waals surface area contributed by atoms with Crippen LogP contribution in [-0.2, 0) is 9.47 Å². The number of aliphatic hydroxyl groups excluding tert-OH is 2. The molecule has 1 aliphatic rings. The van der Waals surface area contributed by atoms with Crippen molar-refractivity contribution < 1.29 is 19.7 Å². The van der Waals surface area contributed by atoms with Gasteiger partial charge in [0.2, 0.25) is 0 Å². The van der Waals surface area contributed by atoms with Crippen molar-refractivity contribution in [1.29, 1.82) is 5.26 Å². The summed E-state index contributed by atoms with van der Waals surface area (Å²) in [7, 11) is 0. The predicted octanol–water partition coefficient (Wildman–Crippen LogP) is 0.598. The molecule has 1 rings (SSSR count). The van der Waals surface area contributed by atoms with Crippen LogP contribution in [0.2, 0.25) is 0 Å². The summed E-state index contributed by atoms with van der Waals surface area (Å²) < 4.78 is 10.8. The summed E-state index contributed by atoms with van der Waals surface area (Å²) in [4.78, 5) is 0. The molecule has 1 aliphatic heterocycles. The van der Waals surface area contributed by atoms with E-state index in [0.29, 0.717) is 6.61 Å². The second-order valence-electron chi connectivity index (χ2n) is 4.43. The first kappa shape index (κ1) is 14.4. The summed E-state index contributed by atoms with van der Waals surface area (Å²) in [5.41, 5.74) is 0. The first-order chi connectivity index (χ1) is 8.22. The molecule has 0 aliphatic carbocycles. The Bertz CT molecular complexity index is 235. The van der Waals surface area contributed by atoms with Gasteiger partial charge in [-0.1, -0.05) is 0 Å². The van der Waals surface area contributed by atoms with Crippen LogP contribution in [0, 0.1) is 11.3 Å². The highest BCUT2D eigenvalue weighted by Gasteiger charge is 2.16. The predicted molar refractivity (Wildman–Crippen MR) is 61.3 cm³/mol. The van der Waals surface area contributed by atoms with Gasteiger partial charge < -0.3 is 19.7 Å². The lowest BCUT2D eigenvalue weighted by Gasteiger charge is -2.23. The van der Waals surface area contributed by atoms with Crippen molar-refractivity contribution in [2.45, 2.75) is 50.4 Å². The molecule has 2 N–H and O–H groups in total. The van der Waals surface area contributed by atoms with E-state index in [0.717, 1.165) is 25.9 Å². The first-order valence-electron chi connectivity index (χ1n) is 6.14. The molecule has 3 atom stereocenters. The number of hydrogen-bond donors (Lipinski definition) is 2. The molecule has 0 radical (unpaired) electrons. The summed E-state index contributed by atoms with van der Waals surface area (Å²) in [6.07, 6.45) is 2.15. The minimum absolute atomic E-state index is 0.0444. The van der Waals surface area contributed by atoms with Gasteiger partial charge in [-0.05, 0) is 19.3 Å². The maximum absolute atomic E-state index is 9.54. The molecule has 17 heavy (non-hydrogen) atoms. The van der Waals surface area contributed by atoms with Gasteiger partial charge in [-0.25, -0.2) is 0 Å². The molecular weight excluding hydrogens is 222 g/mol. The van der Waals surface area contributed by atoms with E-state index < -0.39 is 12.2 Å². The SMILES string of the molecule is N#CCC(O)CC(O)COCC1CCCCO1.